The zero-order valence-electron chi connectivity index (χ0n) is 50.2. The Labute approximate surface area is 534 Å². The quantitative estimate of drug-likeness (QED) is 0.105. The third-order valence-corrected chi connectivity index (χ3v) is 14.1. The molecule has 0 nitrogen and oxygen atoms in total. The third-order valence-electron chi connectivity index (χ3n) is 14.1. The Morgan fingerprint density at radius 2 is 0.439 bits per heavy atom. The van der Waals surface area contributed by atoms with Gasteiger partial charge in [0, 0.05) is 0 Å². The summed E-state index contributed by atoms with van der Waals surface area (Å²) in [7, 11) is 0. The Kier molecular flexibility index (Phi) is 27.6. The summed E-state index contributed by atoms with van der Waals surface area (Å²) >= 11 is 2.90. The first-order valence-electron chi connectivity index (χ1n) is 28.5. The summed E-state index contributed by atoms with van der Waals surface area (Å²) in [5.74, 6) is 2.34. The van der Waals surface area contributed by atoms with Crippen LogP contribution in [-0.2, 0) is 46.0 Å². The fourth-order valence-corrected chi connectivity index (χ4v) is 9.84. The van der Waals surface area contributed by atoms with Crippen molar-refractivity contribution in [3.8, 4) is 44.5 Å². The van der Waals surface area contributed by atoms with Crippen LogP contribution in [0.3, 0.4) is 0 Å². The van der Waals surface area contributed by atoms with Crippen LogP contribution in [0.1, 0.15) is 101 Å². The number of hydrogen-bond acceptors (Lipinski definition) is 0. The van der Waals surface area contributed by atoms with Crippen LogP contribution in [0.15, 0.2) is 243 Å². The molecule has 0 radical (unpaired) electrons. The summed E-state index contributed by atoms with van der Waals surface area (Å²) in [5.41, 5.74) is 16.7. The second-order valence-corrected chi connectivity index (χ2v) is 48.0. The minimum atomic E-state index is 0. The van der Waals surface area contributed by atoms with Gasteiger partial charge in [0.25, 0.3) is 0 Å². The van der Waals surface area contributed by atoms with Crippen LogP contribution in [-0.4, -0.2) is 11.0 Å². The predicted octanol–water partition coefficient (Wildman–Crippen LogP) is 17.0. The molecular weight excluding hydrogens is 1400 g/mol. The summed E-state index contributed by atoms with van der Waals surface area (Å²) in [4.78, 5) is 0. The van der Waals surface area contributed by atoms with E-state index in [-0.39, 0.29) is 35.8 Å². The van der Waals surface area contributed by atoms with E-state index in [0.29, 0.717) is 23.7 Å². The van der Waals surface area contributed by atoms with Gasteiger partial charge in [-0.2, -0.15) is 24.3 Å². The normalized spacial score (nSPS) is 10.6. The molecule has 0 aromatic heterocycles. The SMILES string of the molecule is CC(C)c1cc2c(-c3ccccc3)cccc2[cH-]1.CC(C)c1cc2c(-c3ccccc3)cccc2[cH-]1.CC(C)c1cc2c(-c3ccccc3)cccc2[cH-]1.CC(C)c1cc2c(-c3ccccc3)cccc2[cH-]1.C[Si](C)=[Hf+2].C[Si](C)=[Hf+2].[Cl-].[Cl-]. The van der Waals surface area contributed by atoms with Crippen LogP contribution in [0.2, 0.25) is 26.2 Å². The monoisotopic (exact) mass is 1480 g/mol. The topological polar surface area (TPSA) is 0 Å². The van der Waals surface area contributed by atoms with Gasteiger partial charge in [-0.15, -0.1) is 138 Å². The van der Waals surface area contributed by atoms with Crippen LogP contribution in [0.25, 0.3) is 87.6 Å². The predicted molar refractivity (Wildman–Crippen MR) is 351 cm³/mol. The van der Waals surface area contributed by atoms with Crippen molar-refractivity contribution >= 4 is 54.1 Å². The van der Waals surface area contributed by atoms with Crippen molar-refractivity contribution in [1.82, 2.24) is 0 Å². The Morgan fingerprint density at radius 1 is 0.268 bits per heavy atom. The van der Waals surface area contributed by atoms with Gasteiger partial charge in [-0.3, -0.25) is 0 Å². The van der Waals surface area contributed by atoms with E-state index < -0.39 is 0 Å². The molecule has 0 heterocycles. The second kappa shape index (κ2) is 33.4. The smallest absolute Gasteiger partial charge is 1.00 e. The number of halogens is 2. The average molecular weight is 1480 g/mol. The number of rotatable bonds is 8. The standard InChI is InChI=1S/4C18H17.2C2H6Si.2ClH.2Hf/c4*1-13(2)16-11-15-9-6-10-17(18(15)12-16)14-7-4-3-5-8-14;2*1-3-2;;;;/h4*3-13H,1-2H3;2*1-2H3;2*1H;;/q4*-1;;;;;2*+2/p-2. The number of fused-ring (bicyclic) bond motifs is 4. The van der Waals surface area contributed by atoms with Crippen molar-refractivity contribution < 1.29 is 70.8 Å². The van der Waals surface area contributed by atoms with E-state index in [9.17, 15) is 0 Å². The maximum atomic E-state index is 2.34. The van der Waals surface area contributed by atoms with E-state index in [4.69, 9.17) is 0 Å². The molecule has 0 saturated heterocycles. The Morgan fingerprint density at radius 3 is 0.598 bits per heavy atom. The molecular formula is C76H80Cl2Hf2Si2-2. The zero-order valence-corrected chi connectivity index (χ0v) is 60.9. The van der Waals surface area contributed by atoms with Gasteiger partial charge in [0.1, 0.15) is 0 Å². The molecule has 82 heavy (non-hydrogen) atoms. The van der Waals surface area contributed by atoms with E-state index >= 15 is 0 Å². The summed E-state index contributed by atoms with van der Waals surface area (Å²) < 4.78 is 0. The third kappa shape index (κ3) is 19.0. The number of hydrogen-bond donors (Lipinski definition) is 0. The van der Waals surface area contributed by atoms with Gasteiger partial charge in [-0.25, -0.2) is 0 Å². The summed E-state index contributed by atoms with van der Waals surface area (Å²) in [6, 6.07) is 87.3. The van der Waals surface area contributed by atoms with E-state index in [1.54, 1.807) is 0 Å². The summed E-state index contributed by atoms with van der Waals surface area (Å²) in [6.45, 7) is 27.3. The van der Waals surface area contributed by atoms with Gasteiger partial charge < -0.3 is 24.8 Å². The zero-order chi connectivity index (χ0) is 57.3. The Bertz CT molecular complexity index is 3350. The molecule has 416 valence electrons. The molecule has 0 unspecified atom stereocenters. The molecule has 12 rings (SSSR count). The first kappa shape index (κ1) is 67.7. The molecule has 0 aliphatic heterocycles. The summed E-state index contributed by atoms with van der Waals surface area (Å²) in [6.07, 6.45) is 0. The van der Waals surface area contributed by atoms with Crippen LogP contribution in [0.5, 0.6) is 0 Å². The van der Waals surface area contributed by atoms with Crippen molar-refractivity contribution in [2.45, 2.75) is 105 Å². The maximum absolute atomic E-state index is 2.34. The van der Waals surface area contributed by atoms with E-state index in [2.05, 4.69) is 324 Å². The molecule has 0 amide bonds. The van der Waals surface area contributed by atoms with E-state index in [1.165, 1.54) is 156 Å². The van der Waals surface area contributed by atoms with Crippen LogP contribution < -0.4 is 24.8 Å². The van der Waals surface area contributed by atoms with Crippen molar-refractivity contribution in [1.29, 1.82) is 0 Å². The first-order chi connectivity index (χ1) is 38.5. The second-order valence-electron chi connectivity index (χ2n) is 22.5. The molecule has 0 aliphatic carbocycles. The van der Waals surface area contributed by atoms with Crippen LogP contribution in [0, 0.1) is 0 Å². The number of benzene rings is 8. The van der Waals surface area contributed by atoms with Gasteiger partial charge in [0.2, 0.25) is 0 Å². The largest absolute Gasteiger partial charge is 1.00 e. The molecule has 0 spiro atoms. The fraction of sp³-hybridized carbons (Fsp3) is 0.211. The minimum absolute atomic E-state index is 0. The average Bonchev–Trinajstić information content (AvgIpc) is 4.49. The first-order valence-corrected chi connectivity index (χ1v) is 44.3. The minimum Gasteiger partial charge on any atom is -1.00 e. The Hall–Kier alpha value is -5.05. The van der Waals surface area contributed by atoms with Gasteiger partial charge >= 0.3 is 83.2 Å². The molecule has 6 heteroatoms. The van der Waals surface area contributed by atoms with E-state index in [0.717, 1.165) is 0 Å². The van der Waals surface area contributed by atoms with Gasteiger partial charge in [0.05, 0.1) is 0 Å². The molecule has 0 saturated carbocycles. The molecule has 0 aliphatic rings. The molecule has 12 aromatic carbocycles. The molecule has 0 N–H and O–H groups in total. The van der Waals surface area contributed by atoms with Gasteiger partial charge in [-0.1, -0.05) is 223 Å². The van der Waals surface area contributed by atoms with Crippen molar-refractivity contribution in [2.24, 2.45) is 0 Å². The van der Waals surface area contributed by atoms with Gasteiger partial charge in [0.15, 0.2) is 0 Å². The summed E-state index contributed by atoms with van der Waals surface area (Å²) in [5, 5.41) is 10.9. The maximum Gasteiger partial charge on any atom is -1.00 e. The van der Waals surface area contributed by atoms with Crippen LogP contribution >= 0.6 is 0 Å². The fourth-order valence-electron chi connectivity index (χ4n) is 9.84. The van der Waals surface area contributed by atoms with Crippen LogP contribution in [0.4, 0.5) is 0 Å². The van der Waals surface area contributed by atoms with Crippen molar-refractivity contribution in [3.63, 3.8) is 0 Å². The molecule has 12 aromatic rings. The van der Waals surface area contributed by atoms with Gasteiger partial charge in [-0.05, 0) is 45.9 Å². The molecule has 0 fully saturated rings. The van der Waals surface area contributed by atoms with Crippen molar-refractivity contribution in [2.75, 3.05) is 0 Å². The molecule has 0 bridgehead atoms. The van der Waals surface area contributed by atoms with E-state index in [1.807, 2.05) is 0 Å². The Balaban J connectivity index is 0.000000190. The molecule has 0 atom stereocenters. The van der Waals surface area contributed by atoms with Crippen molar-refractivity contribution in [3.05, 3.63) is 265 Å².